The van der Waals surface area contributed by atoms with Gasteiger partial charge < -0.3 is 14.4 Å². The summed E-state index contributed by atoms with van der Waals surface area (Å²) in [6.07, 6.45) is -0.614. The Balaban J connectivity index is 1.84. The third kappa shape index (κ3) is 4.42. The van der Waals surface area contributed by atoms with E-state index in [9.17, 15) is 13.2 Å². The number of amides is 1. The smallest absolute Gasteiger partial charge is 0.412 e. The number of rotatable bonds is 4. The molecule has 1 aromatic carbocycles. The topological polar surface area (TPSA) is 82.1 Å². The van der Waals surface area contributed by atoms with Crippen LogP contribution < -0.4 is 0 Å². The third-order valence-corrected chi connectivity index (χ3v) is 4.22. The van der Waals surface area contributed by atoms with Gasteiger partial charge in [-0.15, -0.1) is 0 Å². The van der Waals surface area contributed by atoms with Gasteiger partial charge in [0.2, 0.25) is 6.79 Å². The summed E-state index contributed by atoms with van der Waals surface area (Å²) in [5, 5.41) is 0. The lowest BCUT2D eigenvalue weighted by Gasteiger charge is -2.25. The van der Waals surface area contributed by atoms with Crippen LogP contribution in [0.4, 0.5) is 4.79 Å². The number of hydrogen-bond donors (Lipinski definition) is 0. The van der Waals surface area contributed by atoms with Crippen molar-refractivity contribution >= 4 is 16.2 Å². The van der Waals surface area contributed by atoms with Crippen molar-refractivity contribution in [3.05, 3.63) is 29.8 Å². The second-order valence-electron chi connectivity index (χ2n) is 4.51. The molecule has 0 aliphatic carbocycles. The molecule has 7 nitrogen and oxygen atoms in total. The highest BCUT2D eigenvalue weighted by Gasteiger charge is 2.20. The van der Waals surface area contributed by atoms with Gasteiger partial charge in [0.1, 0.15) is 0 Å². The fourth-order valence-electron chi connectivity index (χ4n) is 1.75. The van der Waals surface area contributed by atoms with Crippen molar-refractivity contribution in [3.8, 4) is 0 Å². The van der Waals surface area contributed by atoms with E-state index in [1.165, 1.54) is 17.0 Å². The van der Waals surface area contributed by atoms with Gasteiger partial charge in [-0.1, -0.05) is 17.7 Å². The first-order chi connectivity index (χ1) is 9.99. The minimum atomic E-state index is -3.92. The highest BCUT2D eigenvalue weighted by atomic mass is 32.2. The van der Waals surface area contributed by atoms with E-state index in [4.69, 9.17) is 9.47 Å². The Morgan fingerprint density at radius 3 is 2.48 bits per heavy atom. The summed E-state index contributed by atoms with van der Waals surface area (Å²) < 4.78 is 38.3. The zero-order valence-corrected chi connectivity index (χ0v) is 12.5. The standard InChI is InChI=1S/C13H17NO6S/c1-11-2-4-12(5-3-11)21(16,17)20-10-19-13(15)14-6-8-18-9-7-14/h2-5H,6-10H2,1H3. The molecule has 0 bridgehead atoms. The molecule has 1 heterocycles. The van der Waals surface area contributed by atoms with Crippen LogP contribution in [0, 0.1) is 6.92 Å². The summed E-state index contributed by atoms with van der Waals surface area (Å²) in [6, 6.07) is 6.20. The molecule has 116 valence electrons. The first-order valence-electron chi connectivity index (χ1n) is 6.44. The van der Waals surface area contributed by atoms with Crippen LogP contribution in [0.1, 0.15) is 5.56 Å². The quantitative estimate of drug-likeness (QED) is 0.612. The molecule has 21 heavy (non-hydrogen) atoms. The van der Waals surface area contributed by atoms with Crippen molar-refractivity contribution in [3.63, 3.8) is 0 Å². The van der Waals surface area contributed by atoms with Crippen LogP contribution in [0.15, 0.2) is 29.2 Å². The van der Waals surface area contributed by atoms with Gasteiger partial charge in [0.15, 0.2) is 0 Å². The average molecular weight is 315 g/mol. The molecule has 1 fully saturated rings. The molecule has 1 aliphatic heterocycles. The molecule has 0 atom stereocenters. The van der Waals surface area contributed by atoms with E-state index in [0.717, 1.165) is 5.56 Å². The number of hydrogen-bond acceptors (Lipinski definition) is 6. The molecule has 0 saturated carbocycles. The molecule has 0 radical (unpaired) electrons. The molecular weight excluding hydrogens is 298 g/mol. The normalized spacial score (nSPS) is 15.8. The molecule has 0 N–H and O–H groups in total. The zero-order valence-electron chi connectivity index (χ0n) is 11.6. The lowest BCUT2D eigenvalue weighted by Crippen LogP contribution is -2.41. The predicted molar refractivity (Wildman–Crippen MR) is 73.2 cm³/mol. The molecule has 2 rings (SSSR count). The number of ether oxygens (including phenoxy) is 2. The van der Waals surface area contributed by atoms with E-state index < -0.39 is 23.0 Å². The molecule has 0 unspecified atom stereocenters. The van der Waals surface area contributed by atoms with Crippen LogP contribution in [0.2, 0.25) is 0 Å². The van der Waals surface area contributed by atoms with Crippen molar-refractivity contribution in [2.75, 3.05) is 33.1 Å². The van der Waals surface area contributed by atoms with Gasteiger partial charge >= 0.3 is 6.09 Å². The summed E-state index contributed by atoms with van der Waals surface area (Å²) in [5.74, 6) is 0. The van der Waals surface area contributed by atoms with E-state index in [2.05, 4.69) is 4.18 Å². The summed E-state index contributed by atoms with van der Waals surface area (Å²) in [4.78, 5) is 13.1. The van der Waals surface area contributed by atoms with E-state index in [-0.39, 0.29) is 4.90 Å². The van der Waals surface area contributed by atoms with Crippen LogP contribution in [0.25, 0.3) is 0 Å². The molecular formula is C13H17NO6S. The molecule has 1 aromatic rings. The van der Waals surface area contributed by atoms with Gasteiger partial charge in [-0.25, -0.2) is 8.98 Å². The highest BCUT2D eigenvalue weighted by molar-refractivity contribution is 7.86. The monoisotopic (exact) mass is 315 g/mol. The van der Waals surface area contributed by atoms with Crippen LogP contribution in [0.3, 0.4) is 0 Å². The van der Waals surface area contributed by atoms with Gasteiger partial charge in [-0.2, -0.15) is 8.42 Å². The first-order valence-corrected chi connectivity index (χ1v) is 7.85. The van der Waals surface area contributed by atoms with Gasteiger partial charge in [-0.05, 0) is 19.1 Å². The van der Waals surface area contributed by atoms with Crippen LogP contribution in [0.5, 0.6) is 0 Å². The Kier molecular flexibility index (Phi) is 5.16. The minimum absolute atomic E-state index is 0.0236. The fourth-order valence-corrected chi connectivity index (χ4v) is 2.53. The summed E-state index contributed by atoms with van der Waals surface area (Å²) >= 11 is 0. The van der Waals surface area contributed by atoms with E-state index in [1.54, 1.807) is 12.1 Å². The van der Waals surface area contributed by atoms with Gasteiger partial charge in [0.05, 0.1) is 18.1 Å². The van der Waals surface area contributed by atoms with Gasteiger partial charge in [0.25, 0.3) is 10.1 Å². The first kappa shape index (κ1) is 15.7. The lowest BCUT2D eigenvalue weighted by molar-refractivity contribution is 0.00318. The zero-order chi connectivity index (χ0) is 15.3. The number of benzene rings is 1. The SMILES string of the molecule is Cc1ccc(S(=O)(=O)OCOC(=O)N2CCOCC2)cc1. The number of nitrogens with zero attached hydrogens (tertiary/aromatic N) is 1. The molecule has 1 amide bonds. The van der Waals surface area contributed by atoms with Crippen molar-refractivity contribution in [2.45, 2.75) is 11.8 Å². The molecule has 0 spiro atoms. The second kappa shape index (κ2) is 6.88. The number of carbonyl (C=O) groups excluding carboxylic acids is 1. The van der Waals surface area contributed by atoms with Crippen molar-refractivity contribution < 1.29 is 26.9 Å². The number of morpholine rings is 1. The molecule has 8 heteroatoms. The molecule has 1 saturated heterocycles. The minimum Gasteiger partial charge on any atom is -0.421 e. The largest absolute Gasteiger partial charge is 0.421 e. The summed E-state index contributed by atoms with van der Waals surface area (Å²) in [7, 11) is -3.92. The van der Waals surface area contributed by atoms with Gasteiger partial charge in [-0.3, -0.25) is 0 Å². The maximum Gasteiger partial charge on any atom is 0.412 e. The van der Waals surface area contributed by atoms with E-state index >= 15 is 0 Å². The Labute approximate surface area is 123 Å². The van der Waals surface area contributed by atoms with E-state index in [1.807, 2.05) is 6.92 Å². The number of aryl methyl sites for hydroxylation is 1. The Morgan fingerprint density at radius 1 is 1.24 bits per heavy atom. The summed E-state index contributed by atoms with van der Waals surface area (Å²) in [5.41, 5.74) is 0.938. The van der Waals surface area contributed by atoms with Gasteiger partial charge in [0, 0.05) is 13.1 Å². The maximum atomic E-state index is 11.9. The second-order valence-corrected chi connectivity index (χ2v) is 6.13. The molecule has 1 aliphatic rings. The third-order valence-electron chi connectivity index (χ3n) is 2.96. The summed E-state index contributed by atoms with van der Waals surface area (Å²) in [6.45, 7) is 2.93. The van der Waals surface area contributed by atoms with E-state index in [0.29, 0.717) is 26.3 Å². The Hall–Kier alpha value is -1.64. The van der Waals surface area contributed by atoms with Crippen molar-refractivity contribution in [1.29, 1.82) is 0 Å². The van der Waals surface area contributed by atoms with Crippen molar-refractivity contribution in [2.24, 2.45) is 0 Å². The maximum absolute atomic E-state index is 11.9. The average Bonchev–Trinajstić information content (AvgIpc) is 2.48. The number of carbonyl (C=O) groups is 1. The van der Waals surface area contributed by atoms with Crippen LogP contribution >= 0.6 is 0 Å². The highest BCUT2D eigenvalue weighted by Crippen LogP contribution is 2.13. The Bertz CT molecular complexity index is 577. The van der Waals surface area contributed by atoms with Crippen LogP contribution in [-0.4, -0.2) is 52.5 Å². The predicted octanol–water partition coefficient (Wildman–Crippen LogP) is 1.13. The van der Waals surface area contributed by atoms with Crippen molar-refractivity contribution in [1.82, 2.24) is 4.90 Å². The fraction of sp³-hybridized carbons (Fsp3) is 0.462. The lowest BCUT2D eigenvalue weighted by atomic mass is 10.2. The van der Waals surface area contributed by atoms with Crippen LogP contribution in [-0.2, 0) is 23.8 Å². The Morgan fingerprint density at radius 2 is 1.86 bits per heavy atom. The molecule has 0 aromatic heterocycles.